The molecule has 12 heavy (non-hydrogen) atoms. The Morgan fingerprint density at radius 1 is 1.50 bits per heavy atom. The summed E-state index contributed by atoms with van der Waals surface area (Å²) in [7, 11) is 0. The highest BCUT2D eigenvalue weighted by atomic mass is 19.1. The first-order valence-electron chi connectivity index (χ1n) is 3.42. The minimum atomic E-state index is -0.830. The molecule has 1 heterocycles. The van der Waals surface area contributed by atoms with Gasteiger partial charge in [0.05, 0.1) is 0 Å². The van der Waals surface area contributed by atoms with E-state index in [1.54, 1.807) is 18.2 Å². The van der Waals surface area contributed by atoms with Gasteiger partial charge in [-0.25, -0.2) is 9.37 Å². The van der Waals surface area contributed by atoms with Crippen molar-refractivity contribution in [2.75, 3.05) is 6.86 Å². The van der Waals surface area contributed by atoms with Crippen molar-refractivity contribution in [3.05, 3.63) is 24.6 Å². The van der Waals surface area contributed by atoms with E-state index in [0.717, 1.165) is 0 Å². The zero-order valence-electron chi connectivity index (χ0n) is 6.16. The summed E-state index contributed by atoms with van der Waals surface area (Å²) in [6.45, 7) is -0.830. The van der Waals surface area contributed by atoms with Gasteiger partial charge in [-0.05, 0) is 12.1 Å². The van der Waals surface area contributed by atoms with Crippen LogP contribution in [-0.4, -0.2) is 11.8 Å². The molecule has 62 valence electrons. The summed E-state index contributed by atoms with van der Waals surface area (Å²) in [6, 6.07) is 4.94. The molecular weight excluding hydrogens is 161 g/mol. The predicted octanol–water partition coefficient (Wildman–Crippen LogP) is 2.13. The first kappa shape index (κ1) is 7.09. The Kier molecular flexibility index (Phi) is 1.66. The Hall–Kier alpha value is -1.58. The highest BCUT2D eigenvalue weighted by Crippen LogP contribution is 2.19. The maximum Gasteiger partial charge on any atom is 0.228 e. The van der Waals surface area contributed by atoms with Crippen LogP contribution in [0.1, 0.15) is 0 Å². The molecule has 1 aromatic heterocycles. The number of aromatic nitrogens is 1. The van der Waals surface area contributed by atoms with Crippen LogP contribution in [0.4, 0.5) is 4.39 Å². The van der Waals surface area contributed by atoms with Gasteiger partial charge in [0.25, 0.3) is 0 Å². The standard InChI is InChI=1S/C8H6FNO2/c9-4-11-6-1-2-8-7(3-6)10-5-12-8/h1-3,5H,4H2. The van der Waals surface area contributed by atoms with Crippen molar-refractivity contribution in [2.24, 2.45) is 0 Å². The Labute approximate surface area is 67.8 Å². The zero-order valence-corrected chi connectivity index (χ0v) is 6.16. The average Bonchev–Trinajstić information content (AvgIpc) is 2.51. The number of nitrogens with zero attached hydrogens (tertiary/aromatic N) is 1. The lowest BCUT2D eigenvalue weighted by molar-refractivity contribution is 0.192. The molecule has 2 aromatic rings. The molecule has 0 saturated heterocycles. The van der Waals surface area contributed by atoms with Gasteiger partial charge < -0.3 is 9.15 Å². The number of rotatable bonds is 2. The second kappa shape index (κ2) is 2.81. The van der Waals surface area contributed by atoms with Crippen molar-refractivity contribution in [1.29, 1.82) is 0 Å². The van der Waals surface area contributed by atoms with E-state index in [4.69, 9.17) is 4.42 Å². The Morgan fingerprint density at radius 3 is 3.25 bits per heavy atom. The van der Waals surface area contributed by atoms with Crippen LogP contribution >= 0.6 is 0 Å². The van der Waals surface area contributed by atoms with Crippen LogP contribution in [0.5, 0.6) is 5.75 Å². The molecule has 0 N–H and O–H groups in total. The Balaban J connectivity index is 2.46. The molecule has 0 aliphatic heterocycles. The van der Waals surface area contributed by atoms with Gasteiger partial charge in [0, 0.05) is 6.07 Å². The van der Waals surface area contributed by atoms with Crippen LogP contribution in [-0.2, 0) is 0 Å². The molecule has 1 aromatic carbocycles. The van der Waals surface area contributed by atoms with Crippen LogP contribution in [0.3, 0.4) is 0 Å². The molecule has 0 radical (unpaired) electrons. The first-order valence-corrected chi connectivity index (χ1v) is 3.42. The number of ether oxygens (including phenoxy) is 1. The quantitative estimate of drug-likeness (QED) is 0.687. The van der Waals surface area contributed by atoms with Gasteiger partial charge in [-0.15, -0.1) is 0 Å². The molecule has 3 nitrogen and oxygen atoms in total. The van der Waals surface area contributed by atoms with E-state index in [1.165, 1.54) is 6.39 Å². The fourth-order valence-electron chi connectivity index (χ4n) is 0.990. The third-order valence-corrected chi connectivity index (χ3v) is 1.52. The normalized spacial score (nSPS) is 10.4. The van der Waals surface area contributed by atoms with Crippen LogP contribution in [0, 0.1) is 0 Å². The summed E-state index contributed by atoms with van der Waals surface area (Å²) in [5, 5.41) is 0. The number of fused-ring (bicyclic) bond motifs is 1. The summed E-state index contributed by atoms with van der Waals surface area (Å²) < 4.78 is 21.4. The van der Waals surface area contributed by atoms with Crippen LogP contribution < -0.4 is 4.74 Å². The highest BCUT2D eigenvalue weighted by molar-refractivity contribution is 5.73. The molecule has 0 aliphatic rings. The van der Waals surface area contributed by atoms with E-state index in [9.17, 15) is 4.39 Å². The summed E-state index contributed by atoms with van der Waals surface area (Å²) in [4.78, 5) is 3.89. The third kappa shape index (κ3) is 1.11. The van der Waals surface area contributed by atoms with Gasteiger partial charge in [0.2, 0.25) is 6.86 Å². The lowest BCUT2D eigenvalue weighted by Gasteiger charge is -1.98. The Bertz CT molecular complexity index is 385. The molecule has 0 atom stereocenters. The minimum absolute atomic E-state index is 0.457. The zero-order chi connectivity index (χ0) is 8.39. The molecule has 0 unspecified atom stereocenters. The summed E-state index contributed by atoms with van der Waals surface area (Å²) >= 11 is 0. The number of hydrogen-bond donors (Lipinski definition) is 0. The van der Waals surface area contributed by atoms with Gasteiger partial charge in [0.1, 0.15) is 11.3 Å². The van der Waals surface area contributed by atoms with Crippen LogP contribution in [0.15, 0.2) is 29.0 Å². The fraction of sp³-hybridized carbons (Fsp3) is 0.125. The van der Waals surface area contributed by atoms with Crippen molar-refractivity contribution in [3.8, 4) is 5.75 Å². The van der Waals surface area contributed by atoms with Gasteiger partial charge in [-0.1, -0.05) is 0 Å². The summed E-state index contributed by atoms with van der Waals surface area (Å²) in [6.07, 6.45) is 1.34. The number of oxazole rings is 1. The fourth-order valence-corrected chi connectivity index (χ4v) is 0.990. The van der Waals surface area contributed by atoms with E-state index in [1.807, 2.05) is 0 Å². The molecule has 0 spiro atoms. The molecule has 2 rings (SSSR count). The number of alkyl halides is 1. The lowest BCUT2D eigenvalue weighted by atomic mass is 10.3. The maximum absolute atomic E-state index is 11.7. The highest BCUT2D eigenvalue weighted by Gasteiger charge is 1.99. The number of hydrogen-bond acceptors (Lipinski definition) is 3. The van der Waals surface area contributed by atoms with E-state index in [2.05, 4.69) is 9.72 Å². The molecule has 0 aliphatic carbocycles. The van der Waals surface area contributed by atoms with Crippen molar-refractivity contribution < 1.29 is 13.5 Å². The topological polar surface area (TPSA) is 35.3 Å². The van der Waals surface area contributed by atoms with Crippen molar-refractivity contribution in [1.82, 2.24) is 4.98 Å². The summed E-state index contributed by atoms with van der Waals surface area (Å²) in [5.41, 5.74) is 1.34. The lowest BCUT2D eigenvalue weighted by Crippen LogP contribution is -1.88. The van der Waals surface area contributed by atoms with Gasteiger partial charge >= 0.3 is 0 Å². The van der Waals surface area contributed by atoms with E-state index < -0.39 is 6.86 Å². The molecule has 0 saturated carbocycles. The monoisotopic (exact) mass is 167 g/mol. The van der Waals surface area contributed by atoms with Gasteiger partial charge in [-0.2, -0.15) is 0 Å². The first-order chi connectivity index (χ1) is 5.90. The SMILES string of the molecule is FCOc1ccc2ocnc2c1. The Morgan fingerprint density at radius 2 is 2.42 bits per heavy atom. The third-order valence-electron chi connectivity index (χ3n) is 1.52. The number of benzene rings is 1. The molecule has 0 bridgehead atoms. The van der Waals surface area contributed by atoms with Gasteiger partial charge in [0.15, 0.2) is 12.0 Å². The molecule has 0 fully saturated rings. The molecule has 0 amide bonds. The molecule has 4 heteroatoms. The van der Waals surface area contributed by atoms with E-state index in [0.29, 0.717) is 16.8 Å². The molecular formula is C8H6FNO2. The largest absolute Gasteiger partial charge is 0.463 e. The maximum atomic E-state index is 11.7. The van der Waals surface area contributed by atoms with Crippen molar-refractivity contribution in [3.63, 3.8) is 0 Å². The van der Waals surface area contributed by atoms with Crippen LogP contribution in [0.25, 0.3) is 11.1 Å². The average molecular weight is 167 g/mol. The summed E-state index contributed by atoms with van der Waals surface area (Å²) in [5.74, 6) is 0.457. The smallest absolute Gasteiger partial charge is 0.228 e. The van der Waals surface area contributed by atoms with E-state index in [-0.39, 0.29) is 0 Å². The van der Waals surface area contributed by atoms with Crippen LogP contribution in [0.2, 0.25) is 0 Å². The van der Waals surface area contributed by atoms with Gasteiger partial charge in [-0.3, -0.25) is 0 Å². The van der Waals surface area contributed by atoms with Crippen molar-refractivity contribution >= 4 is 11.1 Å². The van der Waals surface area contributed by atoms with Crippen molar-refractivity contribution in [2.45, 2.75) is 0 Å². The second-order valence-electron chi connectivity index (χ2n) is 2.24. The minimum Gasteiger partial charge on any atom is -0.463 e. The second-order valence-corrected chi connectivity index (χ2v) is 2.24. The predicted molar refractivity (Wildman–Crippen MR) is 40.6 cm³/mol. The van der Waals surface area contributed by atoms with E-state index >= 15 is 0 Å². The number of halogens is 1.